The molecule has 0 N–H and O–H groups in total. The summed E-state index contributed by atoms with van der Waals surface area (Å²) in [5, 5.41) is 17.8. The second-order valence-corrected chi connectivity index (χ2v) is 13.6. The van der Waals surface area contributed by atoms with Crippen LogP contribution in [-0.2, 0) is 0 Å². The van der Waals surface area contributed by atoms with Gasteiger partial charge in [0.2, 0.25) is 0 Å². The number of para-hydroxylation sites is 2. The maximum absolute atomic E-state index is 10.6. The molecule has 9 aromatic carbocycles. The van der Waals surface area contributed by atoms with E-state index < -0.39 is 0 Å². The van der Waals surface area contributed by atoms with E-state index in [0.29, 0.717) is 5.56 Å². The van der Waals surface area contributed by atoms with Gasteiger partial charge < -0.3 is 4.57 Å². The summed E-state index contributed by atoms with van der Waals surface area (Å²) in [5.41, 5.74) is 13.0. The molecule has 2 nitrogen and oxygen atoms in total. The lowest BCUT2D eigenvalue weighted by molar-refractivity contribution is 1.18. The molecular formula is C51H32N2. The summed E-state index contributed by atoms with van der Waals surface area (Å²) in [7, 11) is 0. The second-order valence-electron chi connectivity index (χ2n) is 13.6. The number of aromatic nitrogens is 1. The molecule has 0 aliphatic rings. The van der Waals surface area contributed by atoms with Crippen LogP contribution in [0.2, 0.25) is 0 Å². The smallest absolute Gasteiger partial charge is 0.0998 e. The Morgan fingerprint density at radius 1 is 0.340 bits per heavy atom. The zero-order chi connectivity index (χ0) is 35.3. The Morgan fingerprint density at radius 2 is 0.792 bits per heavy atom. The van der Waals surface area contributed by atoms with Gasteiger partial charge in [0.05, 0.1) is 22.7 Å². The van der Waals surface area contributed by atoms with Crippen LogP contribution in [0.4, 0.5) is 0 Å². The summed E-state index contributed by atoms with van der Waals surface area (Å²) in [6.45, 7) is 0. The molecule has 0 aliphatic heterocycles. The Balaban J connectivity index is 1.04. The number of rotatable bonds is 5. The van der Waals surface area contributed by atoms with Crippen LogP contribution in [0.15, 0.2) is 194 Å². The molecule has 246 valence electrons. The molecule has 0 amide bonds. The summed E-state index contributed by atoms with van der Waals surface area (Å²) >= 11 is 0. The van der Waals surface area contributed by atoms with E-state index in [0.717, 1.165) is 49.8 Å². The lowest BCUT2D eigenvalue weighted by atomic mass is 9.84. The van der Waals surface area contributed by atoms with Gasteiger partial charge in [-0.25, -0.2) is 0 Å². The maximum Gasteiger partial charge on any atom is 0.0998 e. The summed E-state index contributed by atoms with van der Waals surface area (Å²) in [5.74, 6) is 0. The van der Waals surface area contributed by atoms with Crippen molar-refractivity contribution in [3.8, 4) is 56.3 Å². The zero-order valence-electron chi connectivity index (χ0n) is 28.9. The van der Waals surface area contributed by atoms with Crippen LogP contribution in [0.25, 0.3) is 93.5 Å². The Bertz CT molecular complexity index is 2940. The number of fused-ring (bicyclic) bond motifs is 5. The lowest BCUT2D eigenvalue weighted by Crippen LogP contribution is -1.94. The minimum absolute atomic E-state index is 0.660. The predicted molar refractivity (Wildman–Crippen MR) is 222 cm³/mol. The van der Waals surface area contributed by atoms with E-state index in [-0.39, 0.29) is 0 Å². The van der Waals surface area contributed by atoms with Gasteiger partial charge in [0.25, 0.3) is 0 Å². The van der Waals surface area contributed by atoms with Crippen molar-refractivity contribution < 1.29 is 0 Å². The van der Waals surface area contributed by atoms with Gasteiger partial charge in [-0.05, 0) is 90.8 Å². The lowest BCUT2D eigenvalue weighted by Gasteiger charge is -2.18. The van der Waals surface area contributed by atoms with Crippen LogP contribution >= 0.6 is 0 Å². The first-order chi connectivity index (χ1) is 26.3. The van der Waals surface area contributed by atoms with Gasteiger partial charge in [0.15, 0.2) is 0 Å². The molecule has 0 radical (unpaired) electrons. The number of hydrogen-bond acceptors (Lipinski definition) is 1. The molecule has 0 aliphatic carbocycles. The molecule has 0 saturated heterocycles. The summed E-state index contributed by atoms with van der Waals surface area (Å²) < 4.78 is 2.36. The van der Waals surface area contributed by atoms with Crippen LogP contribution in [0.3, 0.4) is 0 Å². The van der Waals surface area contributed by atoms with Crippen LogP contribution in [0.5, 0.6) is 0 Å². The number of nitrogens with zero attached hydrogens (tertiary/aromatic N) is 2. The van der Waals surface area contributed by atoms with E-state index in [1.54, 1.807) is 0 Å². The fraction of sp³-hybridized carbons (Fsp3) is 0. The minimum atomic E-state index is 0.660. The van der Waals surface area contributed by atoms with Crippen molar-refractivity contribution in [3.05, 3.63) is 200 Å². The van der Waals surface area contributed by atoms with Crippen molar-refractivity contribution in [2.75, 3.05) is 0 Å². The van der Waals surface area contributed by atoms with Gasteiger partial charge in [-0.2, -0.15) is 5.26 Å². The molecule has 0 unspecified atom stereocenters. The normalized spacial score (nSPS) is 11.4. The largest absolute Gasteiger partial charge is 0.309 e. The first kappa shape index (κ1) is 30.6. The Morgan fingerprint density at radius 3 is 1.36 bits per heavy atom. The van der Waals surface area contributed by atoms with Gasteiger partial charge in [0.1, 0.15) is 0 Å². The highest BCUT2D eigenvalue weighted by Gasteiger charge is 2.19. The molecule has 0 saturated carbocycles. The highest BCUT2D eigenvalue weighted by Crippen LogP contribution is 2.45. The number of benzene rings is 9. The molecular weight excluding hydrogens is 641 g/mol. The molecule has 0 bridgehead atoms. The Kier molecular flexibility index (Phi) is 7.23. The maximum atomic E-state index is 10.6. The van der Waals surface area contributed by atoms with E-state index in [1.165, 1.54) is 43.7 Å². The van der Waals surface area contributed by atoms with E-state index >= 15 is 0 Å². The first-order valence-corrected chi connectivity index (χ1v) is 18.0. The van der Waals surface area contributed by atoms with Gasteiger partial charge in [-0.1, -0.05) is 164 Å². The van der Waals surface area contributed by atoms with E-state index in [1.807, 2.05) is 6.07 Å². The Labute approximate surface area is 308 Å². The highest BCUT2D eigenvalue weighted by molar-refractivity contribution is 6.21. The predicted octanol–water partition coefficient (Wildman–Crippen LogP) is 13.6. The van der Waals surface area contributed by atoms with E-state index in [4.69, 9.17) is 0 Å². The molecule has 2 heteroatoms. The van der Waals surface area contributed by atoms with Crippen LogP contribution in [0.1, 0.15) is 5.56 Å². The van der Waals surface area contributed by atoms with E-state index in [2.05, 4.69) is 199 Å². The third kappa shape index (κ3) is 5.02. The molecule has 10 rings (SSSR count). The Hall–Kier alpha value is -7.21. The molecule has 10 aromatic rings. The molecule has 53 heavy (non-hydrogen) atoms. The summed E-state index contributed by atoms with van der Waals surface area (Å²) in [6.07, 6.45) is 0. The number of nitriles is 1. The molecule has 1 aromatic heterocycles. The van der Waals surface area contributed by atoms with E-state index in [9.17, 15) is 5.26 Å². The van der Waals surface area contributed by atoms with Crippen molar-refractivity contribution in [1.29, 1.82) is 5.26 Å². The van der Waals surface area contributed by atoms with Crippen LogP contribution in [-0.4, -0.2) is 4.57 Å². The second kappa shape index (κ2) is 12.5. The third-order valence-electron chi connectivity index (χ3n) is 10.6. The van der Waals surface area contributed by atoms with Crippen molar-refractivity contribution in [2.24, 2.45) is 0 Å². The standard InChI is InChI=1S/C51H32N2/c52-33-39-31-38(29-30-41(39)51-46-21-6-4-19-44(46)50(36-13-2-1-3-14-36)45-20-5-7-22-47(45)51)35-27-25-34(26-28-35)37-15-12-16-40(32-37)53-48-23-10-8-17-42(48)43-18-9-11-24-49(43)53/h1-32H. The summed E-state index contributed by atoms with van der Waals surface area (Å²) in [6, 6.07) is 71.4. The quantitative estimate of drug-likeness (QED) is 0.167. The molecule has 0 atom stereocenters. The average molecular weight is 673 g/mol. The molecule has 1 heterocycles. The third-order valence-corrected chi connectivity index (χ3v) is 10.6. The SMILES string of the molecule is N#Cc1cc(-c2ccc(-c3cccc(-n4c5ccccc5c5ccccc54)c3)cc2)ccc1-c1c2ccccc2c(-c2ccccc2)c2ccccc12. The van der Waals surface area contributed by atoms with Gasteiger partial charge in [-0.3, -0.25) is 0 Å². The number of hydrogen-bond donors (Lipinski definition) is 0. The van der Waals surface area contributed by atoms with Gasteiger partial charge in [0, 0.05) is 22.0 Å². The first-order valence-electron chi connectivity index (χ1n) is 18.0. The van der Waals surface area contributed by atoms with Crippen molar-refractivity contribution in [1.82, 2.24) is 4.57 Å². The zero-order valence-corrected chi connectivity index (χ0v) is 28.9. The van der Waals surface area contributed by atoms with Crippen LogP contribution in [0, 0.1) is 11.3 Å². The molecule has 0 fully saturated rings. The van der Waals surface area contributed by atoms with Crippen LogP contribution < -0.4 is 0 Å². The van der Waals surface area contributed by atoms with Crippen molar-refractivity contribution in [2.45, 2.75) is 0 Å². The molecule has 0 spiro atoms. The summed E-state index contributed by atoms with van der Waals surface area (Å²) in [4.78, 5) is 0. The van der Waals surface area contributed by atoms with Gasteiger partial charge >= 0.3 is 0 Å². The fourth-order valence-corrected chi connectivity index (χ4v) is 8.25. The average Bonchev–Trinajstić information content (AvgIpc) is 3.57. The minimum Gasteiger partial charge on any atom is -0.309 e. The topological polar surface area (TPSA) is 28.7 Å². The van der Waals surface area contributed by atoms with Gasteiger partial charge in [-0.15, -0.1) is 0 Å². The fourth-order valence-electron chi connectivity index (χ4n) is 8.25. The monoisotopic (exact) mass is 672 g/mol. The van der Waals surface area contributed by atoms with Crippen molar-refractivity contribution >= 4 is 43.4 Å². The van der Waals surface area contributed by atoms with Crippen molar-refractivity contribution in [3.63, 3.8) is 0 Å². The highest BCUT2D eigenvalue weighted by atomic mass is 15.0.